The van der Waals surface area contributed by atoms with Gasteiger partial charge in [0.2, 0.25) is 0 Å². The second kappa shape index (κ2) is 5.45. The molecular weight excluding hydrogens is 274 g/mol. The van der Waals surface area contributed by atoms with Crippen molar-refractivity contribution < 1.29 is 4.39 Å². The molecule has 0 N–H and O–H groups in total. The maximum absolute atomic E-state index is 13.5. The lowest BCUT2D eigenvalue weighted by Gasteiger charge is -2.09. The molecule has 1 aromatic carbocycles. The molecule has 0 spiro atoms. The summed E-state index contributed by atoms with van der Waals surface area (Å²) < 4.78 is 15.5. The Hall–Kier alpha value is -0.800. The first-order chi connectivity index (χ1) is 8.52. The fraction of sp³-hybridized carbons (Fsp3) is 0.462. The van der Waals surface area contributed by atoms with Crippen molar-refractivity contribution in [3.05, 3.63) is 28.8 Å². The van der Waals surface area contributed by atoms with Gasteiger partial charge >= 0.3 is 0 Å². The Morgan fingerprint density at radius 3 is 2.72 bits per heavy atom. The van der Waals surface area contributed by atoms with Gasteiger partial charge in [-0.3, -0.25) is 0 Å². The Labute approximate surface area is 116 Å². The van der Waals surface area contributed by atoms with E-state index in [4.69, 9.17) is 23.2 Å². The van der Waals surface area contributed by atoms with E-state index >= 15 is 0 Å². The van der Waals surface area contributed by atoms with Gasteiger partial charge in [0.05, 0.1) is 21.9 Å². The molecule has 2 aromatic rings. The van der Waals surface area contributed by atoms with Gasteiger partial charge in [-0.1, -0.05) is 25.4 Å². The lowest BCUT2D eigenvalue weighted by Crippen LogP contribution is -2.05. The minimum Gasteiger partial charge on any atom is -0.327 e. The molecule has 2 rings (SSSR count). The normalized spacial score (nSPS) is 11.7. The van der Waals surface area contributed by atoms with Crippen molar-refractivity contribution >= 4 is 34.2 Å². The third-order valence-corrected chi connectivity index (χ3v) is 3.45. The molecule has 0 fully saturated rings. The first-order valence-electron chi connectivity index (χ1n) is 5.93. The third-order valence-electron chi connectivity index (χ3n) is 2.92. The third kappa shape index (κ3) is 2.62. The number of nitrogens with zero attached hydrogens (tertiary/aromatic N) is 2. The number of hydrogen-bond acceptors (Lipinski definition) is 1. The van der Waals surface area contributed by atoms with Gasteiger partial charge in [0.1, 0.15) is 11.6 Å². The Morgan fingerprint density at radius 2 is 2.11 bits per heavy atom. The average molecular weight is 289 g/mol. The van der Waals surface area contributed by atoms with Crippen LogP contribution >= 0.6 is 23.2 Å². The average Bonchev–Trinajstić information content (AvgIpc) is 2.64. The van der Waals surface area contributed by atoms with Gasteiger partial charge in [0.25, 0.3) is 0 Å². The van der Waals surface area contributed by atoms with Crippen LogP contribution in [0, 0.1) is 11.7 Å². The minimum absolute atomic E-state index is 0.0946. The van der Waals surface area contributed by atoms with Crippen LogP contribution in [0.1, 0.15) is 26.1 Å². The molecule has 0 aliphatic rings. The number of halogens is 3. The molecule has 2 nitrogen and oxygen atoms in total. The zero-order valence-corrected chi connectivity index (χ0v) is 11.9. The smallest absolute Gasteiger partial charge is 0.144 e. The summed E-state index contributed by atoms with van der Waals surface area (Å²) in [6, 6.07) is 2.98. The van der Waals surface area contributed by atoms with E-state index in [2.05, 4.69) is 18.8 Å². The lowest BCUT2D eigenvalue weighted by molar-refractivity contribution is 0.515. The first-order valence-corrected chi connectivity index (χ1v) is 6.84. The molecule has 0 saturated heterocycles. The number of rotatable bonds is 4. The number of hydrogen-bond donors (Lipinski definition) is 0. The molecule has 98 valence electrons. The predicted molar refractivity (Wildman–Crippen MR) is 73.7 cm³/mol. The number of aromatic nitrogens is 2. The highest BCUT2D eigenvalue weighted by Crippen LogP contribution is 2.25. The molecule has 0 radical (unpaired) electrons. The summed E-state index contributed by atoms with van der Waals surface area (Å²) in [6.45, 7) is 5.09. The van der Waals surface area contributed by atoms with Gasteiger partial charge in [-0.2, -0.15) is 0 Å². The predicted octanol–water partition coefficient (Wildman–Crippen LogP) is 4.61. The molecule has 5 heteroatoms. The quantitative estimate of drug-likeness (QED) is 0.751. The van der Waals surface area contributed by atoms with Gasteiger partial charge in [-0.05, 0) is 18.4 Å². The number of benzene rings is 1. The van der Waals surface area contributed by atoms with Gasteiger partial charge in [-0.15, -0.1) is 11.6 Å². The van der Waals surface area contributed by atoms with Crippen molar-refractivity contribution in [2.75, 3.05) is 0 Å². The van der Waals surface area contributed by atoms with E-state index in [0.29, 0.717) is 17.3 Å². The molecule has 0 unspecified atom stereocenters. The maximum atomic E-state index is 13.5. The topological polar surface area (TPSA) is 17.8 Å². The number of imidazole rings is 1. The Morgan fingerprint density at radius 1 is 1.39 bits per heavy atom. The van der Waals surface area contributed by atoms with Gasteiger partial charge in [0, 0.05) is 12.6 Å². The second-order valence-corrected chi connectivity index (χ2v) is 5.43. The number of alkyl halides is 1. The summed E-state index contributed by atoms with van der Waals surface area (Å²) >= 11 is 11.7. The standard InChI is InChI=1S/C13H15Cl2FN2/c1-8(2)3-4-18-12-6-10(16)9(15)5-11(12)17-13(18)7-14/h5-6,8H,3-4,7H2,1-2H3. The maximum Gasteiger partial charge on any atom is 0.144 e. The number of aryl methyl sites for hydroxylation is 1. The molecule has 0 saturated carbocycles. The number of fused-ring (bicyclic) bond motifs is 1. The van der Waals surface area contributed by atoms with Gasteiger partial charge in [-0.25, -0.2) is 9.37 Å². The SMILES string of the molecule is CC(C)CCn1c(CCl)nc2cc(Cl)c(F)cc21. The highest BCUT2D eigenvalue weighted by Gasteiger charge is 2.13. The Bertz CT molecular complexity index is 564. The molecule has 1 aromatic heterocycles. The van der Waals surface area contributed by atoms with Crippen molar-refractivity contribution in [2.24, 2.45) is 5.92 Å². The van der Waals surface area contributed by atoms with Crippen molar-refractivity contribution in [1.82, 2.24) is 9.55 Å². The van der Waals surface area contributed by atoms with E-state index in [0.717, 1.165) is 24.3 Å². The first kappa shape index (κ1) is 13.6. The van der Waals surface area contributed by atoms with Gasteiger partial charge in [0.15, 0.2) is 0 Å². The van der Waals surface area contributed by atoms with Crippen LogP contribution in [-0.2, 0) is 12.4 Å². The second-order valence-electron chi connectivity index (χ2n) is 4.75. The molecule has 0 aliphatic heterocycles. The molecule has 0 bridgehead atoms. The van der Waals surface area contributed by atoms with Crippen molar-refractivity contribution in [3.8, 4) is 0 Å². The van der Waals surface area contributed by atoms with Crippen LogP contribution in [0.2, 0.25) is 5.02 Å². The zero-order chi connectivity index (χ0) is 13.3. The van der Waals surface area contributed by atoms with Crippen LogP contribution in [0.25, 0.3) is 11.0 Å². The molecule has 1 heterocycles. The van der Waals surface area contributed by atoms with Crippen LogP contribution in [-0.4, -0.2) is 9.55 Å². The van der Waals surface area contributed by atoms with E-state index in [1.165, 1.54) is 6.07 Å². The summed E-state index contributed by atoms with van der Waals surface area (Å²) in [4.78, 5) is 4.39. The fourth-order valence-corrected chi connectivity index (χ4v) is 2.27. The van der Waals surface area contributed by atoms with E-state index < -0.39 is 5.82 Å². The van der Waals surface area contributed by atoms with Crippen LogP contribution in [0.5, 0.6) is 0 Å². The van der Waals surface area contributed by atoms with Crippen LogP contribution in [0.3, 0.4) is 0 Å². The summed E-state index contributed by atoms with van der Waals surface area (Å²) in [5, 5.41) is 0.0946. The Kier molecular flexibility index (Phi) is 4.13. The summed E-state index contributed by atoms with van der Waals surface area (Å²) in [6.07, 6.45) is 1.000. The largest absolute Gasteiger partial charge is 0.327 e. The summed E-state index contributed by atoms with van der Waals surface area (Å²) in [7, 11) is 0. The van der Waals surface area contributed by atoms with Crippen LogP contribution < -0.4 is 0 Å². The lowest BCUT2D eigenvalue weighted by atomic mass is 10.1. The van der Waals surface area contributed by atoms with Crippen LogP contribution in [0.4, 0.5) is 4.39 Å². The minimum atomic E-state index is -0.420. The highest BCUT2D eigenvalue weighted by molar-refractivity contribution is 6.31. The van der Waals surface area contributed by atoms with E-state index in [9.17, 15) is 4.39 Å². The van der Waals surface area contributed by atoms with E-state index in [1.807, 2.05) is 4.57 Å². The highest BCUT2D eigenvalue weighted by atomic mass is 35.5. The zero-order valence-electron chi connectivity index (χ0n) is 10.4. The molecule has 0 atom stereocenters. The van der Waals surface area contributed by atoms with Gasteiger partial charge < -0.3 is 4.57 Å². The molecule has 0 amide bonds. The van der Waals surface area contributed by atoms with Crippen molar-refractivity contribution in [3.63, 3.8) is 0 Å². The summed E-state index contributed by atoms with van der Waals surface area (Å²) in [5.74, 6) is 1.22. The van der Waals surface area contributed by atoms with E-state index in [1.54, 1.807) is 6.07 Å². The monoisotopic (exact) mass is 288 g/mol. The van der Waals surface area contributed by atoms with Crippen molar-refractivity contribution in [2.45, 2.75) is 32.7 Å². The fourth-order valence-electron chi connectivity index (χ4n) is 1.91. The van der Waals surface area contributed by atoms with Crippen molar-refractivity contribution in [1.29, 1.82) is 0 Å². The van der Waals surface area contributed by atoms with E-state index in [-0.39, 0.29) is 5.02 Å². The Balaban J connectivity index is 2.50. The molecule has 18 heavy (non-hydrogen) atoms. The summed E-state index contributed by atoms with van der Waals surface area (Å²) in [5.41, 5.74) is 1.45. The molecular formula is C13H15Cl2FN2. The van der Waals surface area contributed by atoms with Crippen LogP contribution in [0.15, 0.2) is 12.1 Å². The molecule has 0 aliphatic carbocycles.